The summed E-state index contributed by atoms with van der Waals surface area (Å²) in [6.45, 7) is 13.2. The van der Waals surface area contributed by atoms with Crippen molar-refractivity contribution in [1.82, 2.24) is 9.96 Å². The van der Waals surface area contributed by atoms with Gasteiger partial charge in [-0.2, -0.15) is 0 Å². The van der Waals surface area contributed by atoms with Gasteiger partial charge in [-0.05, 0) is 29.3 Å². The summed E-state index contributed by atoms with van der Waals surface area (Å²) in [6.07, 6.45) is 0. The molecular formula is C14H25N2Si. The molecule has 0 spiro atoms. The lowest BCUT2D eigenvalue weighted by molar-refractivity contribution is 0.593. The Morgan fingerprint density at radius 3 is 2.00 bits per heavy atom. The van der Waals surface area contributed by atoms with Gasteiger partial charge in [0.1, 0.15) is 0 Å². The third-order valence-electron chi connectivity index (χ3n) is 2.71. The molecule has 0 aliphatic rings. The minimum atomic E-state index is -0.836. The number of hydrogen-bond donors (Lipinski definition) is 2. The van der Waals surface area contributed by atoms with Gasteiger partial charge in [-0.1, -0.05) is 58.9 Å². The maximum Gasteiger partial charge on any atom is 0.261 e. The van der Waals surface area contributed by atoms with Crippen molar-refractivity contribution in [1.29, 1.82) is 0 Å². The average molecular weight is 249 g/mol. The molecule has 2 nitrogen and oxygen atoms in total. The standard InChI is InChI=1S/C14H25N2Si/c1-6-15-17(16-7-2)13-11-9-8-10-12(13)14(3,4)5/h8-11,15-16H,6-7H2,1-5H3. The second kappa shape index (κ2) is 6.33. The van der Waals surface area contributed by atoms with Gasteiger partial charge in [0.05, 0.1) is 0 Å². The molecule has 0 saturated carbocycles. The van der Waals surface area contributed by atoms with Crippen LogP contribution in [0.1, 0.15) is 40.2 Å². The molecule has 0 fully saturated rings. The molecule has 0 aliphatic carbocycles. The molecule has 0 atom stereocenters. The highest BCUT2D eigenvalue weighted by Gasteiger charge is 2.23. The Bertz CT molecular complexity index is 338. The number of benzene rings is 1. The predicted octanol–water partition coefficient (Wildman–Crippen LogP) is 1.90. The lowest BCUT2D eigenvalue weighted by atomic mass is 9.87. The van der Waals surface area contributed by atoms with E-state index in [4.69, 9.17) is 0 Å². The SMILES string of the molecule is CCN[Si](NCC)c1ccccc1C(C)(C)C. The predicted molar refractivity (Wildman–Crippen MR) is 77.9 cm³/mol. The van der Waals surface area contributed by atoms with E-state index >= 15 is 0 Å². The molecule has 0 aliphatic heterocycles. The molecule has 1 radical (unpaired) electrons. The van der Waals surface area contributed by atoms with Crippen LogP contribution in [0, 0.1) is 0 Å². The largest absolute Gasteiger partial charge is 0.322 e. The van der Waals surface area contributed by atoms with Crippen LogP contribution in [0.5, 0.6) is 0 Å². The van der Waals surface area contributed by atoms with Crippen LogP contribution < -0.4 is 15.2 Å². The van der Waals surface area contributed by atoms with Crippen molar-refractivity contribution < 1.29 is 0 Å². The second-order valence-corrected chi connectivity index (χ2v) is 7.23. The molecule has 17 heavy (non-hydrogen) atoms. The summed E-state index contributed by atoms with van der Waals surface area (Å²) in [6, 6.07) is 8.81. The summed E-state index contributed by atoms with van der Waals surface area (Å²) in [4.78, 5) is 7.21. The first-order valence-corrected chi connectivity index (χ1v) is 7.95. The van der Waals surface area contributed by atoms with Crippen LogP contribution in [0.15, 0.2) is 24.3 Å². The van der Waals surface area contributed by atoms with E-state index in [0.717, 1.165) is 13.1 Å². The molecule has 3 heteroatoms. The summed E-state index contributed by atoms with van der Waals surface area (Å²) < 4.78 is 0. The molecule has 1 rings (SSSR count). The van der Waals surface area contributed by atoms with Gasteiger partial charge >= 0.3 is 0 Å². The smallest absolute Gasteiger partial charge is 0.261 e. The van der Waals surface area contributed by atoms with Gasteiger partial charge in [-0.3, -0.25) is 0 Å². The highest BCUT2D eigenvalue weighted by molar-refractivity contribution is 6.69. The maximum atomic E-state index is 3.60. The lowest BCUT2D eigenvalue weighted by Crippen LogP contribution is -2.57. The molecule has 2 N–H and O–H groups in total. The van der Waals surface area contributed by atoms with Crippen molar-refractivity contribution in [2.45, 2.75) is 40.0 Å². The average Bonchev–Trinajstić information content (AvgIpc) is 2.28. The number of rotatable bonds is 5. The van der Waals surface area contributed by atoms with E-state index in [1.165, 1.54) is 10.8 Å². The highest BCUT2D eigenvalue weighted by atomic mass is 28.3. The van der Waals surface area contributed by atoms with Gasteiger partial charge in [0.15, 0.2) is 0 Å². The van der Waals surface area contributed by atoms with E-state index in [0.29, 0.717) is 0 Å². The van der Waals surface area contributed by atoms with Gasteiger partial charge in [-0.25, -0.2) is 0 Å². The van der Waals surface area contributed by atoms with Crippen molar-refractivity contribution in [3.05, 3.63) is 29.8 Å². The van der Waals surface area contributed by atoms with Gasteiger partial charge in [0.2, 0.25) is 0 Å². The first-order chi connectivity index (χ1) is 8.00. The summed E-state index contributed by atoms with van der Waals surface area (Å²) in [5.41, 5.74) is 1.66. The molecule has 0 bridgehead atoms. The summed E-state index contributed by atoms with van der Waals surface area (Å²) in [5, 5.41) is 1.47. The summed E-state index contributed by atoms with van der Waals surface area (Å²) in [5.74, 6) is 0. The van der Waals surface area contributed by atoms with E-state index < -0.39 is 9.12 Å². The van der Waals surface area contributed by atoms with Crippen molar-refractivity contribution in [3.8, 4) is 0 Å². The lowest BCUT2D eigenvalue weighted by Gasteiger charge is -2.26. The number of hydrogen-bond acceptors (Lipinski definition) is 2. The van der Waals surface area contributed by atoms with Crippen LogP contribution in [0.4, 0.5) is 0 Å². The Hall–Kier alpha value is -0.643. The third kappa shape index (κ3) is 3.94. The summed E-state index contributed by atoms with van der Waals surface area (Å²) in [7, 11) is -0.836. The number of nitrogens with one attached hydrogen (secondary N) is 2. The maximum absolute atomic E-state index is 3.60. The molecule has 0 heterocycles. The Morgan fingerprint density at radius 1 is 1.00 bits per heavy atom. The molecule has 1 aromatic rings. The van der Waals surface area contributed by atoms with Crippen LogP contribution >= 0.6 is 0 Å². The zero-order valence-electron chi connectivity index (χ0n) is 11.7. The fourth-order valence-corrected chi connectivity index (χ4v) is 4.17. The molecule has 0 aromatic heterocycles. The van der Waals surface area contributed by atoms with Crippen LogP contribution in [-0.4, -0.2) is 22.2 Å². The quantitative estimate of drug-likeness (QED) is 0.779. The van der Waals surface area contributed by atoms with Gasteiger partial charge in [-0.15, -0.1) is 0 Å². The summed E-state index contributed by atoms with van der Waals surface area (Å²) >= 11 is 0. The van der Waals surface area contributed by atoms with E-state index in [1.54, 1.807) is 0 Å². The zero-order chi connectivity index (χ0) is 12.9. The van der Waals surface area contributed by atoms with E-state index in [2.05, 4.69) is 68.8 Å². The van der Waals surface area contributed by atoms with Crippen LogP contribution in [0.3, 0.4) is 0 Å². The first kappa shape index (κ1) is 14.4. The van der Waals surface area contributed by atoms with Gasteiger partial charge in [0.25, 0.3) is 9.12 Å². The van der Waals surface area contributed by atoms with Crippen molar-refractivity contribution in [2.24, 2.45) is 0 Å². The Labute approximate surface area is 108 Å². The molecule has 1 aromatic carbocycles. The molecular weight excluding hydrogens is 224 g/mol. The van der Waals surface area contributed by atoms with Crippen molar-refractivity contribution >= 4 is 14.3 Å². The van der Waals surface area contributed by atoms with E-state index in [-0.39, 0.29) is 5.41 Å². The van der Waals surface area contributed by atoms with E-state index in [1.807, 2.05) is 0 Å². The molecule has 0 amide bonds. The fraction of sp³-hybridized carbons (Fsp3) is 0.571. The normalized spacial score (nSPS) is 12.1. The monoisotopic (exact) mass is 249 g/mol. The minimum Gasteiger partial charge on any atom is -0.322 e. The second-order valence-electron chi connectivity index (χ2n) is 5.23. The fourth-order valence-electron chi connectivity index (χ4n) is 1.96. The molecule has 0 unspecified atom stereocenters. The third-order valence-corrected chi connectivity index (χ3v) is 5.10. The topological polar surface area (TPSA) is 24.1 Å². The van der Waals surface area contributed by atoms with Crippen molar-refractivity contribution in [2.75, 3.05) is 13.1 Å². The Kier molecular flexibility index (Phi) is 5.37. The van der Waals surface area contributed by atoms with Crippen LogP contribution in [0.25, 0.3) is 0 Å². The molecule has 0 saturated heterocycles. The van der Waals surface area contributed by atoms with E-state index in [9.17, 15) is 0 Å². The van der Waals surface area contributed by atoms with Gasteiger partial charge < -0.3 is 9.96 Å². The zero-order valence-corrected chi connectivity index (χ0v) is 12.7. The Balaban J connectivity index is 3.09. The highest BCUT2D eigenvalue weighted by Crippen LogP contribution is 2.20. The molecule has 95 valence electrons. The first-order valence-electron chi connectivity index (χ1n) is 6.45. The van der Waals surface area contributed by atoms with Gasteiger partial charge in [0, 0.05) is 0 Å². The Morgan fingerprint density at radius 2 is 1.53 bits per heavy atom. The van der Waals surface area contributed by atoms with Crippen LogP contribution in [0.2, 0.25) is 0 Å². The van der Waals surface area contributed by atoms with Crippen molar-refractivity contribution in [3.63, 3.8) is 0 Å². The van der Waals surface area contributed by atoms with Crippen LogP contribution in [-0.2, 0) is 5.41 Å². The minimum absolute atomic E-state index is 0.206.